The van der Waals surface area contributed by atoms with Crippen LogP contribution in [0.3, 0.4) is 0 Å². The van der Waals surface area contributed by atoms with Crippen LogP contribution in [-0.2, 0) is 13.0 Å². The quantitative estimate of drug-likeness (QED) is 0.479. The van der Waals surface area contributed by atoms with Crippen LogP contribution >= 0.6 is 0 Å². The summed E-state index contributed by atoms with van der Waals surface area (Å²) in [4.78, 5) is 2.26. The van der Waals surface area contributed by atoms with E-state index in [1.54, 1.807) is 7.11 Å². The van der Waals surface area contributed by atoms with E-state index >= 15 is 0 Å². The van der Waals surface area contributed by atoms with Crippen LogP contribution in [0.2, 0.25) is 0 Å². The molecule has 0 spiro atoms. The molecule has 6 heteroatoms. The highest BCUT2D eigenvalue weighted by Gasteiger charge is 2.23. The lowest BCUT2D eigenvalue weighted by atomic mass is 10.1. The number of aliphatic hydroxyl groups excluding tert-OH is 1. The summed E-state index contributed by atoms with van der Waals surface area (Å²) in [6.45, 7) is 8.25. The van der Waals surface area contributed by atoms with Gasteiger partial charge in [0.25, 0.3) is 0 Å². The molecular weight excluding hydrogens is 390 g/mol. The molecule has 0 saturated carbocycles. The van der Waals surface area contributed by atoms with Gasteiger partial charge in [0, 0.05) is 13.1 Å². The number of para-hydroxylation sites is 1. The average Bonchev–Trinajstić information content (AvgIpc) is 3.11. The second-order valence-corrected chi connectivity index (χ2v) is 7.69. The molecule has 1 unspecified atom stereocenters. The van der Waals surface area contributed by atoms with Crippen molar-refractivity contribution in [2.75, 3.05) is 20.2 Å². The summed E-state index contributed by atoms with van der Waals surface area (Å²) in [5, 5.41) is 14.9. The van der Waals surface area contributed by atoms with Gasteiger partial charge in [-0.25, -0.2) is 4.68 Å². The number of nitrogens with zero attached hydrogens (tertiary/aromatic N) is 3. The van der Waals surface area contributed by atoms with Gasteiger partial charge in [-0.1, -0.05) is 32.0 Å². The highest BCUT2D eigenvalue weighted by Crippen LogP contribution is 2.33. The third-order valence-corrected chi connectivity index (χ3v) is 5.07. The van der Waals surface area contributed by atoms with Crippen molar-refractivity contribution in [1.82, 2.24) is 14.7 Å². The van der Waals surface area contributed by atoms with Crippen LogP contribution in [0.25, 0.3) is 5.69 Å². The Labute approximate surface area is 185 Å². The molecule has 0 radical (unpaired) electrons. The van der Waals surface area contributed by atoms with E-state index in [-0.39, 0.29) is 0 Å². The molecule has 2 aromatic carbocycles. The van der Waals surface area contributed by atoms with Crippen molar-refractivity contribution >= 4 is 0 Å². The van der Waals surface area contributed by atoms with E-state index in [1.165, 1.54) is 0 Å². The Morgan fingerprint density at radius 3 is 2.29 bits per heavy atom. The maximum absolute atomic E-state index is 9.99. The molecule has 1 aromatic heterocycles. The number of aliphatic hydroxyl groups is 1. The van der Waals surface area contributed by atoms with Gasteiger partial charge in [-0.2, -0.15) is 5.10 Å². The fourth-order valence-corrected chi connectivity index (χ4v) is 3.67. The lowest BCUT2D eigenvalue weighted by Crippen LogP contribution is -2.31. The molecule has 1 N–H and O–H groups in total. The van der Waals surface area contributed by atoms with E-state index < -0.39 is 6.10 Å². The second-order valence-electron chi connectivity index (χ2n) is 7.69. The highest BCUT2D eigenvalue weighted by molar-refractivity contribution is 5.44. The number of ether oxygens (including phenoxy) is 2. The Morgan fingerprint density at radius 2 is 1.71 bits per heavy atom. The minimum Gasteiger partial charge on any atom is -0.497 e. The van der Waals surface area contributed by atoms with Crippen LogP contribution in [-0.4, -0.2) is 46.1 Å². The van der Waals surface area contributed by atoms with E-state index in [1.807, 2.05) is 66.2 Å². The molecule has 31 heavy (non-hydrogen) atoms. The first-order valence-corrected chi connectivity index (χ1v) is 10.9. The molecule has 0 aliphatic heterocycles. The molecule has 6 nitrogen and oxygen atoms in total. The summed E-state index contributed by atoms with van der Waals surface area (Å²) in [5.41, 5.74) is 3.00. The van der Waals surface area contributed by atoms with Gasteiger partial charge >= 0.3 is 0 Å². The predicted octanol–water partition coefficient (Wildman–Crippen LogP) is 4.83. The fraction of sp³-hybridized carbons (Fsp3) is 0.400. The fourth-order valence-electron chi connectivity index (χ4n) is 3.67. The molecule has 0 aliphatic carbocycles. The van der Waals surface area contributed by atoms with Crippen molar-refractivity contribution in [1.29, 1.82) is 0 Å². The van der Waals surface area contributed by atoms with Crippen LogP contribution in [0.1, 0.15) is 38.4 Å². The molecule has 0 fully saturated rings. The third-order valence-electron chi connectivity index (χ3n) is 5.07. The van der Waals surface area contributed by atoms with Gasteiger partial charge in [0.1, 0.15) is 11.5 Å². The summed E-state index contributed by atoms with van der Waals surface area (Å²) in [7, 11) is 1.65. The maximum atomic E-state index is 9.99. The van der Waals surface area contributed by atoms with Crippen molar-refractivity contribution in [3.63, 3.8) is 0 Å². The molecule has 1 atom stereocenters. The van der Waals surface area contributed by atoms with E-state index in [9.17, 15) is 5.11 Å². The number of methoxy groups -OCH3 is 1. The average molecular weight is 424 g/mol. The van der Waals surface area contributed by atoms with E-state index in [2.05, 4.69) is 18.7 Å². The number of benzene rings is 2. The standard InChI is InChI=1S/C25H33N3O3/c1-5-16-27(17-19(3)29)18-23-24(6-2)26-28(20-10-8-7-9-11-20)25(23)31-22-14-12-21(30-4)13-15-22/h7-15,19,29H,5-6,16-18H2,1-4H3. The Bertz CT molecular complexity index is 937. The smallest absolute Gasteiger partial charge is 0.227 e. The summed E-state index contributed by atoms with van der Waals surface area (Å²) >= 11 is 0. The number of aromatic nitrogens is 2. The zero-order valence-electron chi connectivity index (χ0n) is 18.9. The van der Waals surface area contributed by atoms with Gasteiger partial charge < -0.3 is 14.6 Å². The number of hydrogen-bond acceptors (Lipinski definition) is 5. The summed E-state index contributed by atoms with van der Waals surface area (Å²) in [5.74, 6) is 2.21. The van der Waals surface area contributed by atoms with Crippen molar-refractivity contribution in [2.45, 2.75) is 46.3 Å². The topological polar surface area (TPSA) is 59.8 Å². The van der Waals surface area contributed by atoms with E-state index in [4.69, 9.17) is 14.6 Å². The minimum absolute atomic E-state index is 0.397. The molecule has 3 aromatic rings. The first-order chi connectivity index (χ1) is 15.0. The number of rotatable bonds is 11. The van der Waals surface area contributed by atoms with Gasteiger partial charge in [0.15, 0.2) is 0 Å². The van der Waals surface area contributed by atoms with E-state index in [0.717, 1.165) is 47.8 Å². The minimum atomic E-state index is -0.397. The second kappa shape index (κ2) is 11.0. The molecule has 1 heterocycles. The summed E-state index contributed by atoms with van der Waals surface area (Å²) in [6, 6.07) is 17.6. The monoisotopic (exact) mass is 423 g/mol. The molecule has 0 aliphatic rings. The van der Waals surface area contributed by atoms with Gasteiger partial charge in [0.05, 0.1) is 30.2 Å². The third kappa shape index (κ3) is 5.87. The maximum Gasteiger partial charge on any atom is 0.227 e. The Morgan fingerprint density at radius 1 is 1.03 bits per heavy atom. The zero-order valence-corrected chi connectivity index (χ0v) is 18.9. The Hall–Kier alpha value is -2.83. The number of hydrogen-bond donors (Lipinski definition) is 1. The molecule has 0 amide bonds. The van der Waals surface area contributed by atoms with Gasteiger partial charge in [0.2, 0.25) is 5.88 Å². The van der Waals surface area contributed by atoms with Crippen LogP contribution < -0.4 is 9.47 Å². The highest BCUT2D eigenvalue weighted by atomic mass is 16.5. The molecule has 166 valence electrons. The van der Waals surface area contributed by atoms with Gasteiger partial charge in [-0.05, 0) is 62.7 Å². The van der Waals surface area contributed by atoms with Crippen LogP contribution in [0.15, 0.2) is 54.6 Å². The van der Waals surface area contributed by atoms with Crippen molar-refractivity contribution in [3.8, 4) is 23.1 Å². The van der Waals surface area contributed by atoms with E-state index in [0.29, 0.717) is 19.0 Å². The Balaban J connectivity index is 2.05. The molecule has 3 rings (SSSR count). The largest absolute Gasteiger partial charge is 0.497 e. The zero-order chi connectivity index (χ0) is 22.2. The Kier molecular flexibility index (Phi) is 8.09. The normalized spacial score (nSPS) is 12.2. The summed E-state index contributed by atoms with van der Waals surface area (Å²) < 4.78 is 13.6. The summed E-state index contributed by atoms with van der Waals surface area (Å²) in [6.07, 6.45) is 1.41. The predicted molar refractivity (Wildman–Crippen MR) is 123 cm³/mol. The van der Waals surface area contributed by atoms with Crippen molar-refractivity contribution < 1.29 is 14.6 Å². The number of aryl methyl sites for hydroxylation is 1. The molecule has 0 bridgehead atoms. The van der Waals surface area contributed by atoms with Gasteiger partial charge in [-0.3, -0.25) is 4.90 Å². The SMILES string of the molecule is CCCN(Cc1c(CC)nn(-c2ccccc2)c1Oc1ccc(OC)cc1)CC(C)O. The van der Waals surface area contributed by atoms with Crippen molar-refractivity contribution in [3.05, 3.63) is 65.9 Å². The lowest BCUT2D eigenvalue weighted by Gasteiger charge is -2.23. The van der Waals surface area contributed by atoms with Crippen molar-refractivity contribution in [2.24, 2.45) is 0 Å². The lowest BCUT2D eigenvalue weighted by molar-refractivity contribution is 0.122. The molecule has 0 saturated heterocycles. The first-order valence-electron chi connectivity index (χ1n) is 10.9. The van der Waals surface area contributed by atoms with Gasteiger partial charge in [-0.15, -0.1) is 0 Å². The van der Waals surface area contributed by atoms with Crippen LogP contribution in [0.4, 0.5) is 0 Å². The van der Waals surface area contributed by atoms with Crippen LogP contribution in [0.5, 0.6) is 17.4 Å². The van der Waals surface area contributed by atoms with Crippen LogP contribution in [0, 0.1) is 0 Å². The first kappa shape index (κ1) is 22.8. The molecular formula is C25H33N3O3.